The summed E-state index contributed by atoms with van der Waals surface area (Å²) in [5, 5.41) is 15.8. The van der Waals surface area contributed by atoms with E-state index in [9.17, 15) is 19.3 Å². The van der Waals surface area contributed by atoms with Crippen LogP contribution in [0.1, 0.15) is 28.3 Å². The second kappa shape index (κ2) is 5.74. The molecule has 1 aromatic heterocycles. The number of nitrogens with zero attached hydrogens (tertiary/aromatic N) is 2. The van der Waals surface area contributed by atoms with Gasteiger partial charge in [-0.15, -0.1) is 11.3 Å². The summed E-state index contributed by atoms with van der Waals surface area (Å²) in [5.74, 6) is -1.42. The Labute approximate surface area is 117 Å². The third-order valence-electron chi connectivity index (χ3n) is 2.57. The van der Waals surface area contributed by atoms with E-state index >= 15 is 0 Å². The number of hydrogen-bond donors (Lipinski definition) is 1. The fourth-order valence-corrected chi connectivity index (χ4v) is 2.28. The van der Waals surface area contributed by atoms with Gasteiger partial charge in [0.05, 0.1) is 11.0 Å². The van der Waals surface area contributed by atoms with Gasteiger partial charge in [-0.2, -0.15) is 0 Å². The van der Waals surface area contributed by atoms with Crippen LogP contribution in [0.25, 0.3) is 0 Å². The summed E-state index contributed by atoms with van der Waals surface area (Å²) in [6, 6.07) is 2.35. The smallest absolute Gasteiger partial charge is 0.282 e. The van der Waals surface area contributed by atoms with E-state index in [4.69, 9.17) is 0 Å². The number of nitrogens with one attached hydrogen (secondary N) is 1. The molecule has 0 bridgehead atoms. The molecule has 0 aliphatic carbocycles. The van der Waals surface area contributed by atoms with Crippen LogP contribution < -0.4 is 5.32 Å². The maximum Gasteiger partial charge on any atom is 0.282 e. The fraction of sp³-hybridized carbons (Fsp3) is 0.167. The van der Waals surface area contributed by atoms with Gasteiger partial charge in [-0.25, -0.2) is 9.37 Å². The number of carbonyl (C=O) groups is 1. The van der Waals surface area contributed by atoms with Gasteiger partial charge in [0.1, 0.15) is 16.4 Å². The van der Waals surface area contributed by atoms with Crippen LogP contribution in [0.15, 0.2) is 29.8 Å². The molecule has 1 amide bonds. The molecule has 1 unspecified atom stereocenters. The second-order valence-electron chi connectivity index (χ2n) is 3.98. The van der Waals surface area contributed by atoms with E-state index < -0.39 is 28.4 Å². The topological polar surface area (TPSA) is 85.1 Å². The zero-order chi connectivity index (χ0) is 14.7. The molecule has 0 radical (unpaired) electrons. The van der Waals surface area contributed by atoms with Crippen molar-refractivity contribution in [3.05, 3.63) is 56.3 Å². The highest BCUT2D eigenvalue weighted by molar-refractivity contribution is 7.09. The Kier molecular flexibility index (Phi) is 4.04. The Morgan fingerprint density at radius 3 is 2.90 bits per heavy atom. The summed E-state index contributed by atoms with van der Waals surface area (Å²) in [7, 11) is 0. The normalized spacial score (nSPS) is 11.9. The lowest BCUT2D eigenvalue weighted by Gasteiger charge is -2.11. The van der Waals surface area contributed by atoms with Crippen LogP contribution in [0, 0.1) is 15.9 Å². The third-order valence-corrected chi connectivity index (χ3v) is 3.53. The summed E-state index contributed by atoms with van der Waals surface area (Å²) >= 11 is 1.35. The Hall–Kier alpha value is -2.35. The number of aromatic nitrogens is 1. The highest BCUT2D eigenvalue weighted by atomic mass is 32.1. The van der Waals surface area contributed by atoms with Crippen molar-refractivity contribution in [3.8, 4) is 0 Å². The summed E-state index contributed by atoms with van der Waals surface area (Å²) in [6.07, 6.45) is 1.59. The minimum Gasteiger partial charge on any atom is -0.343 e. The number of hydrogen-bond acceptors (Lipinski definition) is 5. The van der Waals surface area contributed by atoms with Crippen LogP contribution in [0.5, 0.6) is 0 Å². The summed E-state index contributed by atoms with van der Waals surface area (Å²) in [6.45, 7) is 1.70. The number of amides is 1. The van der Waals surface area contributed by atoms with E-state index in [2.05, 4.69) is 10.3 Å². The van der Waals surface area contributed by atoms with Crippen molar-refractivity contribution in [1.29, 1.82) is 0 Å². The molecule has 1 aromatic carbocycles. The van der Waals surface area contributed by atoms with Gasteiger partial charge >= 0.3 is 0 Å². The van der Waals surface area contributed by atoms with Crippen molar-refractivity contribution in [2.45, 2.75) is 13.0 Å². The highest BCUT2D eigenvalue weighted by Crippen LogP contribution is 2.21. The zero-order valence-electron chi connectivity index (χ0n) is 10.4. The number of carbonyl (C=O) groups excluding carboxylic acids is 1. The first kappa shape index (κ1) is 14.1. The quantitative estimate of drug-likeness (QED) is 0.694. The first-order chi connectivity index (χ1) is 9.49. The Bertz CT molecular complexity index is 645. The number of thiazole rings is 1. The molecule has 104 valence electrons. The highest BCUT2D eigenvalue weighted by Gasteiger charge is 2.22. The second-order valence-corrected chi connectivity index (χ2v) is 4.91. The Balaban J connectivity index is 2.25. The van der Waals surface area contributed by atoms with E-state index in [0.717, 1.165) is 18.2 Å². The first-order valence-electron chi connectivity index (χ1n) is 5.63. The van der Waals surface area contributed by atoms with E-state index in [0.29, 0.717) is 5.01 Å². The van der Waals surface area contributed by atoms with Crippen molar-refractivity contribution in [2.75, 3.05) is 0 Å². The molecule has 0 aliphatic rings. The molecule has 1 heterocycles. The largest absolute Gasteiger partial charge is 0.343 e. The third kappa shape index (κ3) is 2.97. The van der Waals surface area contributed by atoms with Gasteiger partial charge in [0, 0.05) is 17.6 Å². The molecule has 2 rings (SSSR count). The number of rotatable bonds is 4. The lowest BCUT2D eigenvalue weighted by Crippen LogP contribution is -2.27. The molecular weight excluding hydrogens is 285 g/mol. The molecule has 0 spiro atoms. The van der Waals surface area contributed by atoms with E-state index in [1.54, 1.807) is 18.5 Å². The predicted octanol–water partition coefficient (Wildman–Crippen LogP) is 2.68. The van der Waals surface area contributed by atoms with Gasteiger partial charge in [0.15, 0.2) is 0 Å². The van der Waals surface area contributed by atoms with Crippen molar-refractivity contribution in [3.63, 3.8) is 0 Å². The average molecular weight is 295 g/mol. The van der Waals surface area contributed by atoms with Crippen molar-refractivity contribution >= 4 is 22.9 Å². The van der Waals surface area contributed by atoms with Gasteiger partial charge in [-0.3, -0.25) is 14.9 Å². The van der Waals surface area contributed by atoms with Crippen LogP contribution in [-0.2, 0) is 0 Å². The first-order valence-corrected chi connectivity index (χ1v) is 6.51. The van der Waals surface area contributed by atoms with Gasteiger partial charge in [0.25, 0.3) is 11.6 Å². The Morgan fingerprint density at radius 1 is 1.55 bits per heavy atom. The maximum atomic E-state index is 13.2. The number of halogens is 1. The molecule has 6 nitrogen and oxygen atoms in total. The molecule has 2 aromatic rings. The average Bonchev–Trinajstić information content (AvgIpc) is 2.92. The summed E-state index contributed by atoms with van der Waals surface area (Å²) in [4.78, 5) is 26.2. The molecule has 0 fully saturated rings. The number of nitro benzene ring substituents is 1. The predicted molar refractivity (Wildman–Crippen MR) is 71.0 cm³/mol. The lowest BCUT2D eigenvalue weighted by atomic mass is 10.1. The lowest BCUT2D eigenvalue weighted by molar-refractivity contribution is -0.385. The van der Waals surface area contributed by atoms with Crippen LogP contribution in [0.3, 0.4) is 0 Å². The van der Waals surface area contributed by atoms with Crippen LogP contribution in [0.4, 0.5) is 10.1 Å². The van der Waals surface area contributed by atoms with Gasteiger partial charge < -0.3 is 5.32 Å². The molecule has 0 saturated heterocycles. The number of nitro groups is 1. The zero-order valence-corrected chi connectivity index (χ0v) is 11.2. The van der Waals surface area contributed by atoms with E-state index in [1.807, 2.05) is 0 Å². The molecule has 0 aliphatic heterocycles. The molecule has 20 heavy (non-hydrogen) atoms. The SMILES string of the molecule is CC(NC(=O)c1cc(F)ccc1[N+](=O)[O-])c1nccs1. The molecular formula is C12H10FN3O3S. The van der Waals surface area contributed by atoms with Gasteiger partial charge in [-0.05, 0) is 19.1 Å². The van der Waals surface area contributed by atoms with E-state index in [1.165, 1.54) is 11.3 Å². The minimum atomic E-state index is -0.720. The molecule has 1 atom stereocenters. The van der Waals surface area contributed by atoms with Gasteiger partial charge in [-0.1, -0.05) is 0 Å². The minimum absolute atomic E-state index is 0.307. The molecule has 0 saturated carbocycles. The van der Waals surface area contributed by atoms with Crippen LogP contribution in [-0.4, -0.2) is 15.8 Å². The molecule has 1 N–H and O–H groups in total. The van der Waals surface area contributed by atoms with Crippen LogP contribution >= 0.6 is 11.3 Å². The standard InChI is InChI=1S/C12H10FN3O3S/c1-7(12-14-4-5-20-12)15-11(17)9-6-8(13)2-3-10(9)16(18)19/h2-7H,1H3,(H,15,17). The summed E-state index contributed by atoms with van der Waals surface area (Å²) < 4.78 is 13.2. The van der Waals surface area contributed by atoms with E-state index in [-0.39, 0.29) is 5.56 Å². The number of benzene rings is 1. The van der Waals surface area contributed by atoms with Crippen molar-refractivity contribution in [1.82, 2.24) is 10.3 Å². The van der Waals surface area contributed by atoms with Gasteiger partial charge in [0.2, 0.25) is 0 Å². The Morgan fingerprint density at radius 2 is 2.30 bits per heavy atom. The van der Waals surface area contributed by atoms with Crippen molar-refractivity contribution < 1.29 is 14.1 Å². The monoisotopic (exact) mass is 295 g/mol. The fourth-order valence-electron chi connectivity index (χ4n) is 1.63. The van der Waals surface area contributed by atoms with Crippen molar-refractivity contribution in [2.24, 2.45) is 0 Å². The maximum absolute atomic E-state index is 13.2. The van der Waals surface area contributed by atoms with Crippen LogP contribution in [0.2, 0.25) is 0 Å². The molecule has 8 heteroatoms. The summed E-state index contributed by atoms with van der Waals surface area (Å²) in [5.41, 5.74) is -0.742.